The van der Waals surface area contributed by atoms with E-state index in [1.54, 1.807) is 24.3 Å². The molecule has 0 unspecified atom stereocenters. The van der Waals surface area contributed by atoms with Crippen LogP contribution in [0.25, 0.3) is 0 Å². The quantitative estimate of drug-likeness (QED) is 0.854. The minimum Gasteiger partial charge on any atom is -0.349 e. The van der Waals surface area contributed by atoms with Crippen molar-refractivity contribution in [1.82, 2.24) is 5.32 Å². The van der Waals surface area contributed by atoms with Crippen LogP contribution in [0.1, 0.15) is 43.0 Å². The van der Waals surface area contributed by atoms with Crippen molar-refractivity contribution in [1.29, 1.82) is 0 Å². The molecule has 2 nitrogen and oxygen atoms in total. The van der Waals surface area contributed by atoms with Crippen LogP contribution in [-0.2, 0) is 0 Å². The van der Waals surface area contributed by atoms with Gasteiger partial charge >= 0.3 is 0 Å². The van der Waals surface area contributed by atoms with Crippen LogP contribution in [0.3, 0.4) is 0 Å². The third-order valence-electron chi connectivity index (χ3n) is 3.53. The number of carbonyl (C=O) groups excluding carboxylic acids is 1. The average Bonchev–Trinajstić information content (AvgIpc) is 2.33. The second kappa shape index (κ2) is 5.54. The van der Waals surface area contributed by atoms with Crippen molar-refractivity contribution >= 4 is 17.5 Å². The molecule has 1 N–H and O–H groups in total. The molecule has 0 bridgehead atoms. The van der Waals surface area contributed by atoms with Crippen molar-refractivity contribution < 1.29 is 4.79 Å². The monoisotopic (exact) mass is 251 g/mol. The van der Waals surface area contributed by atoms with Crippen LogP contribution in [-0.4, -0.2) is 11.9 Å². The van der Waals surface area contributed by atoms with E-state index < -0.39 is 0 Å². The second-order valence-electron chi connectivity index (χ2n) is 4.85. The maximum absolute atomic E-state index is 12.0. The first-order valence-electron chi connectivity index (χ1n) is 6.23. The Labute approximate surface area is 107 Å². The number of rotatable bonds is 2. The van der Waals surface area contributed by atoms with Crippen LogP contribution in [0.2, 0.25) is 5.02 Å². The second-order valence-corrected chi connectivity index (χ2v) is 5.29. The number of hydrogen-bond acceptors (Lipinski definition) is 1. The summed E-state index contributed by atoms with van der Waals surface area (Å²) >= 11 is 5.80. The molecule has 0 spiro atoms. The topological polar surface area (TPSA) is 29.1 Å². The summed E-state index contributed by atoms with van der Waals surface area (Å²) in [5, 5.41) is 3.78. The Morgan fingerprint density at radius 3 is 2.53 bits per heavy atom. The lowest BCUT2D eigenvalue weighted by molar-refractivity contribution is 0.0910. The Hall–Kier alpha value is -1.02. The summed E-state index contributed by atoms with van der Waals surface area (Å²) in [5.41, 5.74) is 0.687. The van der Waals surface area contributed by atoms with Gasteiger partial charge in [-0.25, -0.2) is 0 Å². The van der Waals surface area contributed by atoms with Crippen molar-refractivity contribution in [3.63, 3.8) is 0 Å². The molecule has 0 heterocycles. The van der Waals surface area contributed by atoms with Crippen molar-refractivity contribution in [2.45, 2.75) is 38.6 Å². The van der Waals surface area contributed by atoms with Gasteiger partial charge in [-0.2, -0.15) is 0 Å². The third-order valence-corrected chi connectivity index (χ3v) is 3.79. The number of benzene rings is 1. The maximum Gasteiger partial charge on any atom is 0.251 e. The minimum absolute atomic E-state index is 0.0143. The smallest absolute Gasteiger partial charge is 0.251 e. The molecule has 1 fully saturated rings. The van der Waals surface area contributed by atoms with Gasteiger partial charge in [-0.05, 0) is 43.0 Å². The summed E-state index contributed by atoms with van der Waals surface area (Å²) in [5.74, 6) is 0.598. The third kappa shape index (κ3) is 3.22. The molecular weight excluding hydrogens is 234 g/mol. The number of amides is 1. The molecule has 0 aliphatic heterocycles. The lowest BCUT2D eigenvalue weighted by Gasteiger charge is -2.29. The van der Waals surface area contributed by atoms with Gasteiger partial charge < -0.3 is 5.32 Å². The number of nitrogens with one attached hydrogen (secondary N) is 1. The van der Waals surface area contributed by atoms with E-state index in [9.17, 15) is 4.79 Å². The molecule has 1 saturated carbocycles. The van der Waals surface area contributed by atoms with Gasteiger partial charge in [0.05, 0.1) is 0 Å². The molecule has 0 saturated heterocycles. The zero-order valence-electron chi connectivity index (χ0n) is 10.1. The number of halogens is 1. The van der Waals surface area contributed by atoms with Gasteiger partial charge in [0.25, 0.3) is 5.91 Å². The normalized spacial score (nSPS) is 24.4. The van der Waals surface area contributed by atoms with Gasteiger partial charge in [0.2, 0.25) is 0 Å². The van der Waals surface area contributed by atoms with Gasteiger partial charge in [0.1, 0.15) is 0 Å². The molecule has 2 atom stereocenters. The van der Waals surface area contributed by atoms with Crippen molar-refractivity contribution in [3.05, 3.63) is 34.9 Å². The summed E-state index contributed by atoms with van der Waals surface area (Å²) in [7, 11) is 0. The van der Waals surface area contributed by atoms with E-state index in [2.05, 4.69) is 12.2 Å². The summed E-state index contributed by atoms with van der Waals surface area (Å²) < 4.78 is 0. The molecule has 1 aliphatic rings. The lowest BCUT2D eigenvalue weighted by Crippen LogP contribution is -2.41. The zero-order chi connectivity index (χ0) is 12.3. The first-order chi connectivity index (χ1) is 8.16. The van der Waals surface area contributed by atoms with Crippen LogP contribution in [0, 0.1) is 5.92 Å². The van der Waals surface area contributed by atoms with Crippen LogP contribution in [0.15, 0.2) is 24.3 Å². The predicted octanol–water partition coefficient (Wildman–Crippen LogP) is 3.65. The number of carbonyl (C=O) groups is 1. The molecule has 1 aliphatic carbocycles. The highest BCUT2D eigenvalue weighted by Gasteiger charge is 2.23. The van der Waals surface area contributed by atoms with Gasteiger partial charge in [0.15, 0.2) is 0 Å². The summed E-state index contributed by atoms with van der Waals surface area (Å²) in [6.45, 7) is 2.21. The van der Waals surface area contributed by atoms with Crippen molar-refractivity contribution in [3.8, 4) is 0 Å². The predicted molar refractivity (Wildman–Crippen MR) is 70.3 cm³/mol. The van der Waals surface area contributed by atoms with Crippen LogP contribution in [0.4, 0.5) is 0 Å². The van der Waals surface area contributed by atoms with E-state index in [-0.39, 0.29) is 5.91 Å². The SMILES string of the molecule is C[C@@H]1CCCC[C@@H]1NC(=O)c1ccc(Cl)cc1. The fourth-order valence-corrected chi connectivity index (χ4v) is 2.51. The Balaban J connectivity index is 1.98. The molecule has 1 aromatic rings. The molecule has 0 aromatic heterocycles. The molecule has 3 heteroatoms. The molecular formula is C14H18ClNO. The summed E-state index contributed by atoms with van der Waals surface area (Å²) in [4.78, 5) is 12.0. The first-order valence-corrected chi connectivity index (χ1v) is 6.61. The Morgan fingerprint density at radius 2 is 1.88 bits per heavy atom. The fraction of sp³-hybridized carbons (Fsp3) is 0.500. The highest BCUT2D eigenvalue weighted by Crippen LogP contribution is 2.24. The summed E-state index contributed by atoms with van der Waals surface area (Å²) in [6, 6.07) is 7.37. The van der Waals surface area contributed by atoms with Gasteiger partial charge in [0, 0.05) is 16.6 Å². The van der Waals surface area contributed by atoms with E-state index in [1.807, 2.05) is 0 Å². The highest BCUT2D eigenvalue weighted by atomic mass is 35.5. The maximum atomic E-state index is 12.0. The van der Waals surface area contributed by atoms with Crippen LogP contribution < -0.4 is 5.32 Å². The molecule has 2 rings (SSSR count). The first kappa shape index (κ1) is 12.4. The molecule has 1 amide bonds. The Kier molecular flexibility index (Phi) is 4.06. The largest absolute Gasteiger partial charge is 0.349 e. The zero-order valence-corrected chi connectivity index (χ0v) is 10.8. The van der Waals surface area contributed by atoms with E-state index >= 15 is 0 Å². The van der Waals surface area contributed by atoms with E-state index in [1.165, 1.54) is 19.3 Å². The van der Waals surface area contributed by atoms with Crippen molar-refractivity contribution in [2.24, 2.45) is 5.92 Å². The van der Waals surface area contributed by atoms with E-state index in [4.69, 9.17) is 11.6 Å². The standard InChI is InChI=1S/C14H18ClNO/c1-10-4-2-3-5-13(10)16-14(17)11-6-8-12(15)9-7-11/h6-10,13H,2-5H2,1H3,(H,16,17)/t10-,13+/m1/s1. The molecule has 92 valence electrons. The lowest BCUT2D eigenvalue weighted by atomic mass is 9.86. The molecule has 1 aromatic carbocycles. The highest BCUT2D eigenvalue weighted by molar-refractivity contribution is 6.30. The minimum atomic E-state index is 0.0143. The van der Waals surface area contributed by atoms with Gasteiger partial charge in [-0.3, -0.25) is 4.79 Å². The van der Waals surface area contributed by atoms with Gasteiger partial charge in [-0.1, -0.05) is 31.4 Å². The van der Waals surface area contributed by atoms with Gasteiger partial charge in [-0.15, -0.1) is 0 Å². The summed E-state index contributed by atoms with van der Waals surface area (Å²) in [6.07, 6.45) is 4.82. The number of hydrogen-bond donors (Lipinski definition) is 1. The van der Waals surface area contributed by atoms with Crippen LogP contribution >= 0.6 is 11.6 Å². The van der Waals surface area contributed by atoms with E-state index in [0.717, 1.165) is 6.42 Å². The van der Waals surface area contributed by atoms with E-state index in [0.29, 0.717) is 22.5 Å². The van der Waals surface area contributed by atoms with Crippen molar-refractivity contribution in [2.75, 3.05) is 0 Å². The average molecular weight is 252 g/mol. The molecule has 0 radical (unpaired) electrons. The molecule has 17 heavy (non-hydrogen) atoms. The van der Waals surface area contributed by atoms with Crippen LogP contribution in [0.5, 0.6) is 0 Å². The Morgan fingerprint density at radius 1 is 1.24 bits per heavy atom. The fourth-order valence-electron chi connectivity index (χ4n) is 2.38. The Bertz CT molecular complexity index is 388.